The summed E-state index contributed by atoms with van der Waals surface area (Å²) in [6, 6.07) is 17.3. The van der Waals surface area contributed by atoms with E-state index in [-0.39, 0.29) is 22.8 Å². The third kappa shape index (κ3) is 5.23. The molecule has 3 rings (SSSR count). The van der Waals surface area contributed by atoms with Gasteiger partial charge in [-0.1, -0.05) is 24.3 Å². The van der Waals surface area contributed by atoms with Crippen LogP contribution in [0.25, 0.3) is 0 Å². The maximum absolute atomic E-state index is 12.6. The zero-order chi connectivity index (χ0) is 22.4. The molecule has 10 heteroatoms. The van der Waals surface area contributed by atoms with Crippen molar-refractivity contribution in [1.29, 1.82) is 0 Å². The quantitative estimate of drug-likeness (QED) is 0.378. The number of benzene rings is 3. The van der Waals surface area contributed by atoms with Crippen LogP contribution in [0.1, 0.15) is 5.56 Å². The molecule has 31 heavy (non-hydrogen) atoms. The van der Waals surface area contributed by atoms with E-state index in [1.165, 1.54) is 26.4 Å². The molecule has 0 amide bonds. The molecular weight excluding hydrogens is 422 g/mol. The average molecular weight is 443 g/mol. The van der Waals surface area contributed by atoms with Crippen molar-refractivity contribution in [3.63, 3.8) is 0 Å². The lowest BCUT2D eigenvalue weighted by molar-refractivity contribution is -0.384. The van der Waals surface area contributed by atoms with E-state index in [9.17, 15) is 18.5 Å². The Hall–Kier alpha value is -3.79. The highest BCUT2D eigenvalue weighted by atomic mass is 32.2. The molecule has 0 radical (unpaired) electrons. The van der Waals surface area contributed by atoms with Gasteiger partial charge in [-0.15, -0.1) is 0 Å². The van der Waals surface area contributed by atoms with E-state index in [0.717, 1.165) is 11.6 Å². The summed E-state index contributed by atoms with van der Waals surface area (Å²) in [5, 5.41) is 14.5. The van der Waals surface area contributed by atoms with E-state index in [4.69, 9.17) is 9.47 Å². The lowest BCUT2D eigenvalue weighted by atomic mass is 10.2. The fourth-order valence-electron chi connectivity index (χ4n) is 2.89. The molecule has 3 aromatic rings. The molecule has 0 saturated carbocycles. The first-order chi connectivity index (χ1) is 14.8. The second-order valence-corrected chi connectivity index (χ2v) is 8.13. The number of anilines is 2. The van der Waals surface area contributed by atoms with Gasteiger partial charge in [-0.25, -0.2) is 8.42 Å². The van der Waals surface area contributed by atoms with Gasteiger partial charge < -0.3 is 14.8 Å². The summed E-state index contributed by atoms with van der Waals surface area (Å²) in [5.74, 6) is 1.10. The third-order valence-corrected chi connectivity index (χ3v) is 5.81. The second-order valence-electron chi connectivity index (χ2n) is 6.45. The number of sulfonamides is 1. The van der Waals surface area contributed by atoms with Crippen molar-refractivity contribution in [2.24, 2.45) is 0 Å². The maximum atomic E-state index is 12.6. The average Bonchev–Trinajstić information content (AvgIpc) is 2.77. The highest BCUT2D eigenvalue weighted by Gasteiger charge is 2.21. The molecule has 0 heterocycles. The standard InChI is InChI=1S/C21H21N3O6S/c1-29-20-11-8-15(12-21(20)30-2)14-22-18-10-9-17(13-19(18)24(25)26)31(27,28)23-16-6-4-3-5-7-16/h3-13,22-23H,14H2,1-2H3. The lowest BCUT2D eigenvalue weighted by Gasteiger charge is -2.12. The van der Waals surface area contributed by atoms with Crippen LogP contribution in [0, 0.1) is 10.1 Å². The molecule has 0 aliphatic rings. The molecular formula is C21H21N3O6S. The lowest BCUT2D eigenvalue weighted by Crippen LogP contribution is -2.13. The number of rotatable bonds is 9. The van der Waals surface area contributed by atoms with E-state index >= 15 is 0 Å². The van der Waals surface area contributed by atoms with Gasteiger partial charge in [-0.05, 0) is 42.0 Å². The molecule has 0 atom stereocenters. The molecule has 0 aromatic heterocycles. The van der Waals surface area contributed by atoms with E-state index in [0.29, 0.717) is 17.2 Å². The SMILES string of the molecule is COc1ccc(CNc2ccc(S(=O)(=O)Nc3ccccc3)cc2[N+](=O)[O-])cc1OC. The Balaban J connectivity index is 1.83. The molecule has 0 fully saturated rings. The summed E-state index contributed by atoms with van der Waals surface area (Å²) < 4.78 is 38.1. The molecule has 162 valence electrons. The summed E-state index contributed by atoms with van der Waals surface area (Å²) in [7, 11) is -0.937. The maximum Gasteiger partial charge on any atom is 0.293 e. The van der Waals surface area contributed by atoms with Gasteiger partial charge in [0.05, 0.1) is 24.0 Å². The zero-order valence-corrected chi connectivity index (χ0v) is 17.7. The van der Waals surface area contributed by atoms with Gasteiger partial charge in [0.2, 0.25) is 0 Å². The number of nitrogens with one attached hydrogen (secondary N) is 2. The Morgan fingerprint density at radius 1 is 0.935 bits per heavy atom. The molecule has 0 saturated heterocycles. The molecule has 3 aromatic carbocycles. The van der Waals surface area contributed by atoms with Crippen molar-refractivity contribution >= 4 is 27.1 Å². The number of nitro groups is 1. The highest BCUT2D eigenvalue weighted by Crippen LogP contribution is 2.31. The van der Waals surface area contributed by atoms with Crippen LogP contribution in [0.4, 0.5) is 17.1 Å². The number of methoxy groups -OCH3 is 2. The second kappa shape index (κ2) is 9.35. The van der Waals surface area contributed by atoms with Crippen molar-refractivity contribution in [3.8, 4) is 11.5 Å². The van der Waals surface area contributed by atoms with Crippen molar-refractivity contribution in [3.05, 3.63) is 82.4 Å². The van der Waals surface area contributed by atoms with Crippen LogP contribution in [0.5, 0.6) is 11.5 Å². The van der Waals surface area contributed by atoms with E-state index in [1.807, 2.05) is 0 Å². The Morgan fingerprint density at radius 3 is 2.29 bits per heavy atom. The third-order valence-electron chi connectivity index (χ3n) is 4.43. The molecule has 0 unspecified atom stereocenters. The Morgan fingerprint density at radius 2 is 1.65 bits per heavy atom. The van der Waals surface area contributed by atoms with E-state index in [2.05, 4.69) is 10.0 Å². The summed E-state index contributed by atoms with van der Waals surface area (Å²) in [6.07, 6.45) is 0. The van der Waals surface area contributed by atoms with Crippen LogP contribution in [0.15, 0.2) is 71.6 Å². The molecule has 0 aliphatic carbocycles. The smallest absolute Gasteiger partial charge is 0.293 e. The van der Waals surface area contributed by atoms with Crippen molar-refractivity contribution in [1.82, 2.24) is 0 Å². The fourth-order valence-corrected chi connectivity index (χ4v) is 3.97. The first-order valence-corrected chi connectivity index (χ1v) is 10.6. The first kappa shape index (κ1) is 21.9. The number of ether oxygens (including phenoxy) is 2. The van der Waals surface area contributed by atoms with E-state index in [1.54, 1.807) is 48.5 Å². The Bertz CT molecular complexity index is 1180. The highest BCUT2D eigenvalue weighted by molar-refractivity contribution is 7.92. The normalized spacial score (nSPS) is 10.9. The largest absolute Gasteiger partial charge is 0.493 e. The number of para-hydroxylation sites is 1. The van der Waals surface area contributed by atoms with Gasteiger partial charge in [-0.2, -0.15) is 0 Å². The number of hydrogen-bond acceptors (Lipinski definition) is 7. The minimum Gasteiger partial charge on any atom is -0.493 e. The number of nitrogens with zero attached hydrogens (tertiary/aromatic N) is 1. The topological polar surface area (TPSA) is 120 Å². The van der Waals surface area contributed by atoms with Crippen molar-refractivity contribution < 1.29 is 22.8 Å². The molecule has 0 spiro atoms. The van der Waals surface area contributed by atoms with Gasteiger partial charge in [-0.3, -0.25) is 14.8 Å². The predicted octanol–water partition coefficient (Wildman–Crippen LogP) is 4.02. The zero-order valence-electron chi connectivity index (χ0n) is 16.9. The fraction of sp³-hybridized carbons (Fsp3) is 0.143. The monoisotopic (exact) mass is 443 g/mol. The van der Waals surface area contributed by atoms with Gasteiger partial charge in [0.1, 0.15) is 5.69 Å². The van der Waals surface area contributed by atoms with Crippen LogP contribution in [0.3, 0.4) is 0 Å². The predicted molar refractivity (Wildman–Crippen MR) is 117 cm³/mol. The van der Waals surface area contributed by atoms with Crippen LogP contribution in [-0.4, -0.2) is 27.6 Å². The summed E-state index contributed by atoms with van der Waals surface area (Å²) in [4.78, 5) is 10.7. The molecule has 9 nitrogen and oxygen atoms in total. The minimum atomic E-state index is -3.98. The van der Waals surface area contributed by atoms with Crippen LogP contribution in [0.2, 0.25) is 0 Å². The van der Waals surface area contributed by atoms with Crippen molar-refractivity contribution in [2.45, 2.75) is 11.4 Å². The summed E-state index contributed by atoms with van der Waals surface area (Å²) in [5.41, 5.74) is 1.00. The number of hydrogen-bond donors (Lipinski definition) is 2. The van der Waals surface area contributed by atoms with Crippen LogP contribution < -0.4 is 19.5 Å². The van der Waals surface area contributed by atoms with E-state index < -0.39 is 14.9 Å². The van der Waals surface area contributed by atoms with Gasteiger partial charge >= 0.3 is 0 Å². The van der Waals surface area contributed by atoms with Gasteiger partial charge in [0.15, 0.2) is 11.5 Å². The molecule has 2 N–H and O–H groups in total. The Kier molecular flexibility index (Phi) is 6.61. The minimum absolute atomic E-state index is 0.193. The summed E-state index contributed by atoms with van der Waals surface area (Å²) in [6.45, 7) is 0.259. The summed E-state index contributed by atoms with van der Waals surface area (Å²) >= 11 is 0. The Labute approximate surface area is 179 Å². The van der Waals surface area contributed by atoms with Crippen LogP contribution in [-0.2, 0) is 16.6 Å². The first-order valence-electron chi connectivity index (χ1n) is 9.15. The van der Waals surface area contributed by atoms with Crippen LogP contribution >= 0.6 is 0 Å². The molecule has 0 aliphatic heterocycles. The van der Waals surface area contributed by atoms with Gasteiger partial charge in [0.25, 0.3) is 15.7 Å². The van der Waals surface area contributed by atoms with Crippen molar-refractivity contribution in [2.75, 3.05) is 24.3 Å². The van der Waals surface area contributed by atoms with Gasteiger partial charge in [0, 0.05) is 18.3 Å². The number of nitro benzene ring substituents is 1. The molecule has 0 bridgehead atoms.